The van der Waals surface area contributed by atoms with Crippen LogP contribution in [0, 0.1) is 5.92 Å². The molecule has 2 aromatic rings. The first-order valence-corrected chi connectivity index (χ1v) is 8.56. The molecule has 132 valence electrons. The number of rotatable bonds is 4. The number of piperidine rings is 1. The van der Waals surface area contributed by atoms with E-state index in [1.807, 2.05) is 6.07 Å². The van der Waals surface area contributed by atoms with Crippen LogP contribution in [0.15, 0.2) is 29.1 Å². The van der Waals surface area contributed by atoms with Crippen molar-refractivity contribution in [2.75, 3.05) is 19.6 Å². The number of nitrogens with one attached hydrogen (secondary N) is 2. The molecule has 0 unspecified atom stereocenters. The summed E-state index contributed by atoms with van der Waals surface area (Å²) < 4.78 is 0. The molecule has 0 saturated carbocycles. The Balaban J connectivity index is 1.52. The Bertz CT molecular complexity index is 838. The summed E-state index contributed by atoms with van der Waals surface area (Å²) in [6.45, 7) is 3.24. The average molecular weight is 342 g/mol. The van der Waals surface area contributed by atoms with Gasteiger partial charge in [0.05, 0.1) is 10.9 Å². The lowest BCUT2D eigenvalue weighted by atomic mass is 9.96. The van der Waals surface area contributed by atoms with E-state index in [9.17, 15) is 14.4 Å². The maximum absolute atomic E-state index is 12.2. The Kier molecular flexibility index (Phi) is 5.11. The molecule has 1 aliphatic rings. The van der Waals surface area contributed by atoms with Crippen molar-refractivity contribution in [1.82, 2.24) is 20.2 Å². The van der Waals surface area contributed by atoms with Crippen LogP contribution in [0.4, 0.5) is 0 Å². The minimum atomic E-state index is -0.163. The van der Waals surface area contributed by atoms with Gasteiger partial charge in [0.25, 0.3) is 5.56 Å². The van der Waals surface area contributed by atoms with Gasteiger partial charge in [0.2, 0.25) is 11.8 Å². The number of carbonyl (C=O) groups excluding carboxylic acids is 2. The zero-order chi connectivity index (χ0) is 17.8. The number of nitrogens with zero attached hydrogens (tertiary/aromatic N) is 2. The maximum Gasteiger partial charge on any atom is 0.258 e. The van der Waals surface area contributed by atoms with Gasteiger partial charge in [0.15, 0.2) is 0 Å². The summed E-state index contributed by atoms with van der Waals surface area (Å²) in [5.74, 6) is 0.575. The fraction of sp³-hybridized carbons (Fsp3) is 0.444. The normalized spacial score (nSPS) is 15.3. The summed E-state index contributed by atoms with van der Waals surface area (Å²) in [6, 6.07) is 7.18. The lowest BCUT2D eigenvalue weighted by Gasteiger charge is -2.30. The zero-order valence-electron chi connectivity index (χ0n) is 14.2. The van der Waals surface area contributed by atoms with Crippen LogP contribution in [0.2, 0.25) is 0 Å². The highest BCUT2D eigenvalue weighted by molar-refractivity contribution is 5.79. The molecule has 0 bridgehead atoms. The number of benzene rings is 1. The molecule has 0 radical (unpaired) electrons. The average Bonchev–Trinajstić information content (AvgIpc) is 2.62. The summed E-state index contributed by atoms with van der Waals surface area (Å²) >= 11 is 0. The molecular weight excluding hydrogens is 320 g/mol. The quantitative estimate of drug-likeness (QED) is 0.861. The molecule has 1 saturated heterocycles. The number of carbonyl (C=O) groups is 2. The smallest absolute Gasteiger partial charge is 0.258 e. The molecular formula is C18H22N4O3. The number of hydrogen-bond acceptors (Lipinski definition) is 4. The Morgan fingerprint density at radius 1 is 1.28 bits per heavy atom. The Labute approximate surface area is 145 Å². The van der Waals surface area contributed by atoms with Crippen LogP contribution in [-0.2, 0) is 16.0 Å². The molecule has 0 aliphatic carbocycles. The summed E-state index contributed by atoms with van der Waals surface area (Å²) in [7, 11) is 0. The fourth-order valence-corrected chi connectivity index (χ4v) is 3.16. The highest BCUT2D eigenvalue weighted by atomic mass is 16.2. The van der Waals surface area contributed by atoms with Gasteiger partial charge < -0.3 is 15.2 Å². The van der Waals surface area contributed by atoms with E-state index in [-0.39, 0.29) is 23.3 Å². The monoisotopic (exact) mass is 342 g/mol. The third-order valence-electron chi connectivity index (χ3n) is 4.63. The topological polar surface area (TPSA) is 95.2 Å². The first-order valence-electron chi connectivity index (χ1n) is 8.56. The number of fused-ring (bicyclic) bond motifs is 1. The van der Waals surface area contributed by atoms with Crippen LogP contribution >= 0.6 is 0 Å². The van der Waals surface area contributed by atoms with Crippen LogP contribution in [-0.4, -0.2) is 46.3 Å². The van der Waals surface area contributed by atoms with Gasteiger partial charge in [-0.25, -0.2) is 4.98 Å². The number of amides is 2. The summed E-state index contributed by atoms with van der Waals surface area (Å²) in [6.07, 6.45) is 1.85. The molecule has 2 N–H and O–H groups in total. The standard InChI is InChI=1S/C18H22N4O3/c1-12(23)22-10-7-13(8-11-22)17(24)19-9-6-16-20-15-5-3-2-4-14(15)18(25)21-16/h2-5,13H,6-11H2,1H3,(H,19,24)(H,20,21,25). The molecule has 0 atom stereocenters. The van der Waals surface area contributed by atoms with Gasteiger partial charge in [0.1, 0.15) is 5.82 Å². The maximum atomic E-state index is 12.2. The number of hydrogen-bond donors (Lipinski definition) is 2. The number of aromatic nitrogens is 2. The minimum Gasteiger partial charge on any atom is -0.355 e. The lowest BCUT2D eigenvalue weighted by molar-refractivity contribution is -0.133. The second-order valence-electron chi connectivity index (χ2n) is 6.35. The minimum absolute atomic E-state index is 0.00587. The molecule has 7 heteroatoms. The highest BCUT2D eigenvalue weighted by Crippen LogP contribution is 2.17. The van der Waals surface area contributed by atoms with E-state index in [1.54, 1.807) is 30.0 Å². The predicted molar refractivity (Wildman–Crippen MR) is 94.1 cm³/mol. The number of H-pyrrole nitrogens is 1. The van der Waals surface area contributed by atoms with Crippen molar-refractivity contribution in [3.8, 4) is 0 Å². The van der Waals surface area contributed by atoms with Crippen molar-refractivity contribution in [3.05, 3.63) is 40.4 Å². The van der Waals surface area contributed by atoms with Gasteiger partial charge in [0, 0.05) is 38.9 Å². The Morgan fingerprint density at radius 2 is 2.00 bits per heavy atom. The van der Waals surface area contributed by atoms with E-state index in [0.29, 0.717) is 55.6 Å². The van der Waals surface area contributed by atoms with E-state index < -0.39 is 0 Å². The Hall–Kier alpha value is -2.70. The molecule has 1 fully saturated rings. The molecule has 1 aromatic heterocycles. The molecule has 7 nitrogen and oxygen atoms in total. The highest BCUT2D eigenvalue weighted by Gasteiger charge is 2.25. The van der Waals surface area contributed by atoms with E-state index in [2.05, 4.69) is 15.3 Å². The molecule has 1 aliphatic heterocycles. The molecule has 2 heterocycles. The van der Waals surface area contributed by atoms with Crippen molar-refractivity contribution in [3.63, 3.8) is 0 Å². The van der Waals surface area contributed by atoms with Crippen molar-refractivity contribution in [2.45, 2.75) is 26.2 Å². The van der Waals surface area contributed by atoms with Crippen molar-refractivity contribution >= 4 is 22.7 Å². The third-order valence-corrected chi connectivity index (χ3v) is 4.63. The van der Waals surface area contributed by atoms with Gasteiger partial charge in [-0.2, -0.15) is 0 Å². The number of aromatic amines is 1. The van der Waals surface area contributed by atoms with Gasteiger partial charge in [-0.15, -0.1) is 0 Å². The number of para-hydroxylation sites is 1. The van der Waals surface area contributed by atoms with Crippen molar-refractivity contribution in [1.29, 1.82) is 0 Å². The lowest BCUT2D eigenvalue weighted by Crippen LogP contribution is -2.42. The molecule has 3 rings (SSSR count). The van der Waals surface area contributed by atoms with Gasteiger partial charge >= 0.3 is 0 Å². The van der Waals surface area contributed by atoms with E-state index in [4.69, 9.17) is 0 Å². The second-order valence-corrected chi connectivity index (χ2v) is 6.35. The third kappa shape index (κ3) is 4.04. The van der Waals surface area contributed by atoms with E-state index >= 15 is 0 Å². The largest absolute Gasteiger partial charge is 0.355 e. The second kappa shape index (κ2) is 7.46. The van der Waals surface area contributed by atoms with Gasteiger partial charge in [-0.3, -0.25) is 14.4 Å². The van der Waals surface area contributed by atoms with Gasteiger partial charge in [-0.05, 0) is 25.0 Å². The molecule has 25 heavy (non-hydrogen) atoms. The van der Waals surface area contributed by atoms with Crippen molar-refractivity contribution in [2.24, 2.45) is 5.92 Å². The van der Waals surface area contributed by atoms with Crippen LogP contribution in [0.3, 0.4) is 0 Å². The zero-order valence-corrected chi connectivity index (χ0v) is 14.2. The van der Waals surface area contributed by atoms with E-state index in [1.165, 1.54) is 0 Å². The molecule has 1 aromatic carbocycles. The van der Waals surface area contributed by atoms with E-state index in [0.717, 1.165) is 0 Å². The van der Waals surface area contributed by atoms with Crippen molar-refractivity contribution < 1.29 is 9.59 Å². The van der Waals surface area contributed by atoms with Gasteiger partial charge in [-0.1, -0.05) is 12.1 Å². The molecule has 2 amide bonds. The van der Waals surface area contributed by atoms with Crippen LogP contribution in [0.25, 0.3) is 10.9 Å². The summed E-state index contributed by atoms with van der Waals surface area (Å²) in [5, 5.41) is 3.47. The Morgan fingerprint density at radius 3 is 2.72 bits per heavy atom. The van der Waals surface area contributed by atoms with Crippen LogP contribution < -0.4 is 10.9 Å². The van der Waals surface area contributed by atoms with Crippen LogP contribution in [0.1, 0.15) is 25.6 Å². The number of likely N-dealkylation sites (tertiary alicyclic amines) is 1. The predicted octanol–water partition coefficient (Wildman–Crippen LogP) is 0.840. The first-order chi connectivity index (χ1) is 12.0. The summed E-state index contributed by atoms with van der Waals surface area (Å²) in [4.78, 5) is 44.5. The summed E-state index contributed by atoms with van der Waals surface area (Å²) in [5.41, 5.74) is 0.493. The van der Waals surface area contributed by atoms with Crippen LogP contribution in [0.5, 0.6) is 0 Å². The first kappa shape index (κ1) is 17.1. The SMILES string of the molecule is CC(=O)N1CCC(C(=O)NCCc2nc3ccccc3c(=O)[nH]2)CC1. The fourth-order valence-electron chi connectivity index (χ4n) is 3.16. The molecule has 0 spiro atoms.